The second-order valence-electron chi connectivity index (χ2n) is 5.19. The van der Waals surface area contributed by atoms with Gasteiger partial charge in [0.1, 0.15) is 5.69 Å². The zero-order chi connectivity index (χ0) is 15.7. The number of alkyl halides is 3. The number of benzene rings is 1. The van der Waals surface area contributed by atoms with E-state index in [4.69, 9.17) is 0 Å². The quantitative estimate of drug-likeness (QED) is 0.670. The zero-order valence-corrected chi connectivity index (χ0v) is 11.0. The molecule has 0 heterocycles. The first-order valence-electron chi connectivity index (χ1n) is 5.60. The molecule has 1 aromatic rings. The molecule has 0 aliphatic heterocycles. The lowest BCUT2D eigenvalue weighted by molar-refractivity contribution is -0.384. The molecule has 1 aromatic carbocycles. The first-order chi connectivity index (χ1) is 8.93. The Morgan fingerprint density at radius 1 is 1.25 bits per heavy atom. The second kappa shape index (κ2) is 5.10. The summed E-state index contributed by atoms with van der Waals surface area (Å²) >= 11 is 0. The predicted molar refractivity (Wildman–Crippen MR) is 66.5 cm³/mol. The van der Waals surface area contributed by atoms with Crippen molar-refractivity contribution in [2.24, 2.45) is 0 Å². The topological polar surface area (TPSA) is 72.2 Å². The van der Waals surface area contributed by atoms with Crippen LogP contribution < -0.4 is 5.32 Å². The molecule has 0 atom stereocenters. The van der Waals surface area contributed by atoms with E-state index < -0.39 is 33.8 Å². The number of carbonyl (C=O) groups is 1. The highest BCUT2D eigenvalue weighted by Crippen LogP contribution is 2.32. The van der Waals surface area contributed by atoms with Gasteiger partial charge in [-0.05, 0) is 17.0 Å². The molecule has 8 heteroatoms. The van der Waals surface area contributed by atoms with Crippen molar-refractivity contribution in [2.75, 3.05) is 5.32 Å². The minimum atomic E-state index is -5.11. The molecule has 0 saturated carbocycles. The number of carbonyl (C=O) groups excluding carboxylic acids is 1. The summed E-state index contributed by atoms with van der Waals surface area (Å²) in [5, 5.41) is 12.3. The summed E-state index contributed by atoms with van der Waals surface area (Å²) in [6.07, 6.45) is -5.11. The van der Waals surface area contributed by atoms with E-state index in [2.05, 4.69) is 0 Å². The number of nitrogens with zero attached hydrogens (tertiary/aromatic N) is 1. The summed E-state index contributed by atoms with van der Waals surface area (Å²) in [5.41, 5.74) is -0.909. The van der Waals surface area contributed by atoms with E-state index in [0.29, 0.717) is 5.56 Å². The molecule has 1 rings (SSSR count). The lowest BCUT2D eigenvalue weighted by Crippen LogP contribution is -2.30. The van der Waals surface area contributed by atoms with Gasteiger partial charge in [-0.3, -0.25) is 14.9 Å². The summed E-state index contributed by atoms with van der Waals surface area (Å²) in [6, 6.07) is 3.70. The molecule has 1 N–H and O–H groups in total. The van der Waals surface area contributed by atoms with E-state index in [0.717, 1.165) is 6.07 Å². The number of nitro groups is 1. The van der Waals surface area contributed by atoms with Gasteiger partial charge in [-0.25, -0.2) is 0 Å². The molecule has 1 amide bonds. The first-order valence-corrected chi connectivity index (χ1v) is 5.60. The molecule has 0 bridgehead atoms. The Balaban J connectivity index is 3.27. The molecular formula is C12H13F3N2O3. The second-order valence-corrected chi connectivity index (χ2v) is 5.19. The van der Waals surface area contributed by atoms with Crippen molar-refractivity contribution >= 4 is 17.3 Å². The van der Waals surface area contributed by atoms with Crippen LogP contribution in [0.5, 0.6) is 0 Å². The van der Waals surface area contributed by atoms with E-state index in [1.807, 2.05) is 0 Å². The number of anilines is 1. The van der Waals surface area contributed by atoms with Crippen molar-refractivity contribution in [3.8, 4) is 0 Å². The smallest absolute Gasteiger partial charge is 0.312 e. The van der Waals surface area contributed by atoms with Gasteiger partial charge in [0, 0.05) is 6.07 Å². The number of rotatable bonds is 2. The van der Waals surface area contributed by atoms with Crippen LogP contribution in [-0.2, 0) is 10.2 Å². The monoisotopic (exact) mass is 290 g/mol. The van der Waals surface area contributed by atoms with Crippen LogP contribution in [0.2, 0.25) is 0 Å². The maximum atomic E-state index is 12.2. The largest absolute Gasteiger partial charge is 0.471 e. The maximum absolute atomic E-state index is 12.2. The highest BCUT2D eigenvalue weighted by molar-refractivity contribution is 5.96. The van der Waals surface area contributed by atoms with Gasteiger partial charge in [0.2, 0.25) is 0 Å². The minimum Gasteiger partial charge on any atom is -0.312 e. The van der Waals surface area contributed by atoms with E-state index >= 15 is 0 Å². The van der Waals surface area contributed by atoms with Crippen LogP contribution in [0.4, 0.5) is 24.5 Å². The van der Waals surface area contributed by atoms with Crippen LogP contribution >= 0.6 is 0 Å². The molecule has 20 heavy (non-hydrogen) atoms. The van der Waals surface area contributed by atoms with Crippen molar-refractivity contribution in [2.45, 2.75) is 32.4 Å². The van der Waals surface area contributed by atoms with E-state index in [1.165, 1.54) is 17.4 Å². The average molecular weight is 290 g/mol. The van der Waals surface area contributed by atoms with Gasteiger partial charge >= 0.3 is 12.1 Å². The Hall–Kier alpha value is -2.12. The highest BCUT2D eigenvalue weighted by Gasteiger charge is 2.39. The first kappa shape index (κ1) is 15.9. The number of hydrogen-bond acceptors (Lipinski definition) is 3. The normalized spacial score (nSPS) is 12.1. The van der Waals surface area contributed by atoms with E-state index in [1.54, 1.807) is 20.8 Å². The number of amides is 1. The van der Waals surface area contributed by atoms with Crippen LogP contribution in [0.3, 0.4) is 0 Å². The molecule has 0 aliphatic carbocycles. The number of nitrogens with one attached hydrogen (secondary N) is 1. The summed E-state index contributed by atoms with van der Waals surface area (Å²) < 4.78 is 36.7. The third-order valence-electron chi connectivity index (χ3n) is 2.56. The van der Waals surface area contributed by atoms with Crippen LogP contribution in [0.25, 0.3) is 0 Å². The lowest BCUT2D eigenvalue weighted by Gasteiger charge is -2.20. The summed E-state index contributed by atoms with van der Waals surface area (Å²) in [4.78, 5) is 20.8. The number of halogens is 3. The maximum Gasteiger partial charge on any atom is 0.471 e. The molecule has 0 fully saturated rings. The van der Waals surface area contributed by atoms with Gasteiger partial charge in [0.25, 0.3) is 5.69 Å². The van der Waals surface area contributed by atoms with Crippen molar-refractivity contribution in [1.82, 2.24) is 0 Å². The molecule has 0 unspecified atom stereocenters. The van der Waals surface area contributed by atoms with Gasteiger partial charge in [0.15, 0.2) is 0 Å². The Morgan fingerprint density at radius 2 is 1.80 bits per heavy atom. The fourth-order valence-electron chi connectivity index (χ4n) is 1.46. The molecule has 5 nitrogen and oxygen atoms in total. The standard InChI is InChI=1S/C12H13F3N2O3/c1-11(2,3)7-4-5-9(17(19)20)8(6-7)16-10(18)12(13,14)15/h4-6H,1-3H3,(H,16,18). The SMILES string of the molecule is CC(C)(C)c1ccc([N+](=O)[O-])c(NC(=O)C(F)(F)F)c1. The fourth-order valence-corrected chi connectivity index (χ4v) is 1.46. The Kier molecular flexibility index (Phi) is 4.07. The predicted octanol–water partition coefficient (Wildman–Crippen LogP) is 3.39. The van der Waals surface area contributed by atoms with Gasteiger partial charge in [-0.1, -0.05) is 26.8 Å². The number of nitro benzene ring substituents is 1. The Bertz CT molecular complexity index is 548. The fraction of sp³-hybridized carbons (Fsp3) is 0.417. The van der Waals surface area contributed by atoms with Gasteiger partial charge in [0.05, 0.1) is 4.92 Å². The Labute approximate surface area is 112 Å². The summed E-state index contributed by atoms with van der Waals surface area (Å²) in [7, 11) is 0. The molecular weight excluding hydrogens is 277 g/mol. The highest BCUT2D eigenvalue weighted by atomic mass is 19.4. The van der Waals surface area contributed by atoms with Crippen LogP contribution in [0.15, 0.2) is 18.2 Å². The van der Waals surface area contributed by atoms with Crippen molar-refractivity contribution in [1.29, 1.82) is 0 Å². The zero-order valence-electron chi connectivity index (χ0n) is 11.0. The molecule has 0 aliphatic rings. The third kappa shape index (κ3) is 3.69. The van der Waals surface area contributed by atoms with Gasteiger partial charge < -0.3 is 5.32 Å². The van der Waals surface area contributed by atoms with Gasteiger partial charge in [-0.2, -0.15) is 13.2 Å². The van der Waals surface area contributed by atoms with Gasteiger partial charge in [-0.15, -0.1) is 0 Å². The van der Waals surface area contributed by atoms with Crippen molar-refractivity contribution in [3.63, 3.8) is 0 Å². The molecule has 110 valence electrons. The van der Waals surface area contributed by atoms with E-state index in [-0.39, 0.29) is 0 Å². The minimum absolute atomic E-state index is 0.424. The van der Waals surface area contributed by atoms with Crippen LogP contribution in [0, 0.1) is 10.1 Å². The van der Waals surface area contributed by atoms with Crippen molar-refractivity contribution < 1.29 is 22.9 Å². The summed E-state index contributed by atoms with van der Waals surface area (Å²) in [5.74, 6) is -2.24. The van der Waals surface area contributed by atoms with E-state index in [9.17, 15) is 28.1 Å². The molecule has 0 spiro atoms. The van der Waals surface area contributed by atoms with Crippen LogP contribution in [-0.4, -0.2) is 17.0 Å². The number of hydrogen-bond donors (Lipinski definition) is 1. The molecule has 0 radical (unpaired) electrons. The lowest BCUT2D eigenvalue weighted by atomic mass is 9.86. The average Bonchev–Trinajstić information content (AvgIpc) is 2.25. The third-order valence-corrected chi connectivity index (χ3v) is 2.56. The molecule has 0 aromatic heterocycles. The summed E-state index contributed by atoms with van der Waals surface area (Å²) in [6.45, 7) is 5.39. The molecule has 0 saturated heterocycles. The Morgan fingerprint density at radius 3 is 2.20 bits per heavy atom. The van der Waals surface area contributed by atoms with Crippen LogP contribution in [0.1, 0.15) is 26.3 Å². The van der Waals surface area contributed by atoms with Crippen molar-refractivity contribution in [3.05, 3.63) is 33.9 Å².